The molecular weight excluding hydrogens is 272 g/mol. The third-order valence-electron chi connectivity index (χ3n) is 1.60. The summed E-state index contributed by atoms with van der Waals surface area (Å²) in [5.41, 5.74) is 1.99. The highest BCUT2D eigenvalue weighted by Gasteiger charge is 2.07. The predicted molar refractivity (Wildman–Crippen MR) is 53.0 cm³/mol. The first-order chi connectivity index (χ1) is 5.04. The van der Waals surface area contributed by atoms with Crippen LogP contribution >= 0.6 is 31.9 Å². The van der Waals surface area contributed by atoms with Gasteiger partial charge in [0.1, 0.15) is 5.75 Å². The highest BCUT2D eigenvalue weighted by molar-refractivity contribution is 9.11. The van der Waals surface area contributed by atoms with Crippen molar-refractivity contribution < 1.29 is 5.11 Å². The summed E-state index contributed by atoms with van der Waals surface area (Å²) >= 11 is 6.64. The molecule has 0 aliphatic rings. The minimum atomic E-state index is 0.308. The van der Waals surface area contributed by atoms with E-state index in [1.807, 2.05) is 19.9 Å². The fraction of sp³-hybridized carbons (Fsp3) is 0.250. The summed E-state index contributed by atoms with van der Waals surface area (Å²) in [6, 6.07) is 1.88. The van der Waals surface area contributed by atoms with E-state index in [0.29, 0.717) is 5.75 Å². The fourth-order valence-electron chi connectivity index (χ4n) is 0.901. The van der Waals surface area contributed by atoms with Crippen LogP contribution in [0.2, 0.25) is 0 Å². The summed E-state index contributed by atoms with van der Waals surface area (Å²) in [6.07, 6.45) is 0. The van der Waals surface area contributed by atoms with Crippen LogP contribution in [0.3, 0.4) is 0 Å². The molecule has 0 saturated heterocycles. The van der Waals surface area contributed by atoms with Crippen molar-refractivity contribution in [2.45, 2.75) is 13.8 Å². The van der Waals surface area contributed by atoms with Crippen LogP contribution in [0.4, 0.5) is 0 Å². The molecule has 0 aromatic heterocycles. The molecule has 1 N–H and O–H groups in total. The van der Waals surface area contributed by atoms with Crippen LogP contribution < -0.4 is 0 Å². The molecule has 0 amide bonds. The van der Waals surface area contributed by atoms with Gasteiger partial charge in [-0.3, -0.25) is 0 Å². The van der Waals surface area contributed by atoms with E-state index in [1.54, 1.807) is 0 Å². The van der Waals surface area contributed by atoms with Crippen LogP contribution in [0.25, 0.3) is 0 Å². The first-order valence-electron chi connectivity index (χ1n) is 3.18. The summed E-state index contributed by atoms with van der Waals surface area (Å²) < 4.78 is 1.72. The molecule has 0 aliphatic carbocycles. The quantitative estimate of drug-likeness (QED) is 0.770. The molecule has 0 aliphatic heterocycles. The Labute approximate surface area is 82.7 Å². The molecule has 0 fully saturated rings. The second-order valence-corrected chi connectivity index (χ2v) is 4.11. The molecule has 1 rings (SSSR count). The molecule has 0 atom stereocenters. The van der Waals surface area contributed by atoms with Crippen molar-refractivity contribution in [3.8, 4) is 5.75 Å². The first-order valence-corrected chi connectivity index (χ1v) is 4.76. The van der Waals surface area contributed by atoms with E-state index in [9.17, 15) is 5.11 Å². The van der Waals surface area contributed by atoms with E-state index in [2.05, 4.69) is 31.9 Å². The number of aryl methyl sites for hydroxylation is 1. The third kappa shape index (κ3) is 1.59. The molecule has 1 nitrogen and oxygen atoms in total. The molecule has 0 bridgehead atoms. The second-order valence-electron chi connectivity index (χ2n) is 2.46. The lowest BCUT2D eigenvalue weighted by atomic mass is 10.1. The van der Waals surface area contributed by atoms with Crippen LogP contribution in [-0.2, 0) is 0 Å². The van der Waals surface area contributed by atoms with Gasteiger partial charge in [0.05, 0.1) is 4.47 Å². The van der Waals surface area contributed by atoms with Gasteiger partial charge in [0.15, 0.2) is 0 Å². The lowest BCUT2D eigenvalue weighted by molar-refractivity contribution is 0.467. The molecule has 0 radical (unpaired) electrons. The number of hydrogen-bond donors (Lipinski definition) is 1. The van der Waals surface area contributed by atoms with E-state index in [4.69, 9.17) is 0 Å². The standard InChI is InChI=1S/C8H8Br2O/c1-4-3-6(9)8(11)5(2)7(4)10/h3,11H,1-2H3. The lowest BCUT2D eigenvalue weighted by Crippen LogP contribution is -1.83. The van der Waals surface area contributed by atoms with Crippen LogP contribution in [0.15, 0.2) is 15.0 Å². The van der Waals surface area contributed by atoms with Gasteiger partial charge in [-0.2, -0.15) is 0 Å². The maximum atomic E-state index is 9.43. The number of phenolic OH excluding ortho intramolecular Hbond substituents is 1. The van der Waals surface area contributed by atoms with Gasteiger partial charge in [-0.15, -0.1) is 0 Å². The Kier molecular flexibility index (Phi) is 2.60. The molecule has 0 saturated carbocycles. The van der Waals surface area contributed by atoms with Crippen molar-refractivity contribution in [1.82, 2.24) is 0 Å². The average Bonchev–Trinajstić information content (AvgIpc) is 1.97. The van der Waals surface area contributed by atoms with Crippen LogP contribution in [-0.4, -0.2) is 5.11 Å². The minimum Gasteiger partial charge on any atom is -0.506 e. The monoisotopic (exact) mass is 278 g/mol. The van der Waals surface area contributed by atoms with Gasteiger partial charge in [-0.05, 0) is 41.4 Å². The third-order valence-corrected chi connectivity index (χ3v) is 3.42. The number of benzene rings is 1. The molecule has 1 aromatic rings. The Morgan fingerprint density at radius 1 is 1.27 bits per heavy atom. The molecule has 60 valence electrons. The van der Waals surface area contributed by atoms with Gasteiger partial charge in [0, 0.05) is 10.0 Å². The maximum Gasteiger partial charge on any atom is 0.133 e. The Morgan fingerprint density at radius 2 is 1.82 bits per heavy atom. The molecule has 3 heteroatoms. The van der Waals surface area contributed by atoms with Crippen molar-refractivity contribution >= 4 is 31.9 Å². The van der Waals surface area contributed by atoms with E-state index in [-0.39, 0.29) is 0 Å². The summed E-state index contributed by atoms with van der Waals surface area (Å²) in [4.78, 5) is 0. The lowest BCUT2D eigenvalue weighted by Gasteiger charge is -2.06. The van der Waals surface area contributed by atoms with Crippen LogP contribution in [0.5, 0.6) is 5.75 Å². The van der Waals surface area contributed by atoms with Crippen molar-refractivity contribution in [2.24, 2.45) is 0 Å². The van der Waals surface area contributed by atoms with Crippen LogP contribution in [0.1, 0.15) is 11.1 Å². The number of halogens is 2. The van der Waals surface area contributed by atoms with Gasteiger partial charge in [0.2, 0.25) is 0 Å². The number of rotatable bonds is 0. The Balaban J connectivity index is 3.46. The van der Waals surface area contributed by atoms with Crippen molar-refractivity contribution in [1.29, 1.82) is 0 Å². The molecule has 0 heterocycles. The first kappa shape index (κ1) is 9.07. The van der Waals surface area contributed by atoms with E-state index in [0.717, 1.165) is 20.1 Å². The summed E-state index contributed by atoms with van der Waals surface area (Å²) in [5.74, 6) is 0.308. The van der Waals surface area contributed by atoms with Crippen molar-refractivity contribution in [2.75, 3.05) is 0 Å². The number of phenols is 1. The molecule has 0 spiro atoms. The number of hydrogen-bond acceptors (Lipinski definition) is 1. The highest BCUT2D eigenvalue weighted by Crippen LogP contribution is 2.34. The smallest absolute Gasteiger partial charge is 0.133 e. The van der Waals surface area contributed by atoms with E-state index >= 15 is 0 Å². The molecular formula is C8H8Br2O. The second kappa shape index (κ2) is 3.15. The van der Waals surface area contributed by atoms with E-state index in [1.165, 1.54) is 0 Å². The zero-order chi connectivity index (χ0) is 8.59. The van der Waals surface area contributed by atoms with E-state index < -0.39 is 0 Å². The molecule has 0 unspecified atom stereocenters. The summed E-state index contributed by atoms with van der Waals surface area (Å²) in [7, 11) is 0. The number of aromatic hydroxyl groups is 1. The Hall–Kier alpha value is -0.0200. The van der Waals surface area contributed by atoms with Crippen molar-refractivity contribution in [3.63, 3.8) is 0 Å². The van der Waals surface area contributed by atoms with Gasteiger partial charge >= 0.3 is 0 Å². The zero-order valence-electron chi connectivity index (χ0n) is 6.28. The molecule has 1 aromatic carbocycles. The Bertz CT molecular complexity index is 268. The van der Waals surface area contributed by atoms with Gasteiger partial charge in [-0.25, -0.2) is 0 Å². The summed E-state index contributed by atoms with van der Waals surface area (Å²) in [5, 5.41) is 9.43. The molecule has 11 heavy (non-hydrogen) atoms. The van der Waals surface area contributed by atoms with Gasteiger partial charge in [0.25, 0.3) is 0 Å². The van der Waals surface area contributed by atoms with Crippen molar-refractivity contribution in [3.05, 3.63) is 26.1 Å². The maximum absolute atomic E-state index is 9.43. The zero-order valence-corrected chi connectivity index (χ0v) is 9.45. The van der Waals surface area contributed by atoms with Gasteiger partial charge < -0.3 is 5.11 Å². The normalized spacial score (nSPS) is 10.2. The fourth-order valence-corrected chi connectivity index (χ4v) is 1.84. The predicted octanol–water partition coefficient (Wildman–Crippen LogP) is 3.53. The van der Waals surface area contributed by atoms with Gasteiger partial charge in [-0.1, -0.05) is 15.9 Å². The SMILES string of the molecule is Cc1cc(Br)c(O)c(C)c1Br. The largest absolute Gasteiger partial charge is 0.506 e. The topological polar surface area (TPSA) is 20.2 Å². The highest BCUT2D eigenvalue weighted by atomic mass is 79.9. The minimum absolute atomic E-state index is 0.308. The Morgan fingerprint density at radius 3 is 2.36 bits per heavy atom. The average molecular weight is 280 g/mol. The summed E-state index contributed by atoms with van der Waals surface area (Å²) in [6.45, 7) is 3.86. The van der Waals surface area contributed by atoms with Crippen LogP contribution in [0, 0.1) is 13.8 Å².